The van der Waals surface area contributed by atoms with Crippen molar-refractivity contribution in [2.75, 3.05) is 6.61 Å². The van der Waals surface area contributed by atoms with E-state index >= 15 is 0 Å². The molecule has 1 saturated carbocycles. The minimum Gasteiger partial charge on any atom is -0.490 e. The normalized spacial score (nSPS) is 25.1. The van der Waals surface area contributed by atoms with Crippen molar-refractivity contribution in [2.45, 2.75) is 31.3 Å². The van der Waals surface area contributed by atoms with Crippen LogP contribution in [0.4, 0.5) is 4.39 Å². The minimum absolute atomic E-state index is 0.0231. The Hall–Kier alpha value is -2.13. The van der Waals surface area contributed by atoms with Crippen LogP contribution in [0.15, 0.2) is 18.2 Å². The van der Waals surface area contributed by atoms with Crippen molar-refractivity contribution >= 4 is 5.97 Å². The van der Waals surface area contributed by atoms with Crippen LogP contribution in [-0.2, 0) is 4.79 Å². The number of nitrogens with zero attached hydrogens (tertiary/aromatic N) is 1. The van der Waals surface area contributed by atoms with E-state index in [9.17, 15) is 14.3 Å². The molecule has 0 unspecified atom stereocenters. The van der Waals surface area contributed by atoms with E-state index in [1.54, 1.807) is 6.07 Å². The number of hydrogen-bond donors (Lipinski definition) is 2. The molecule has 1 aromatic rings. The Morgan fingerprint density at radius 3 is 2.67 bits per heavy atom. The Kier molecular flexibility index (Phi) is 4.43. The molecule has 0 amide bonds. The summed E-state index contributed by atoms with van der Waals surface area (Å²) in [4.78, 5) is 10.9. The third-order valence-corrected chi connectivity index (χ3v) is 3.83. The highest BCUT2D eigenvalue weighted by atomic mass is 19.1. The van der Waals surface area contributed by atoms with Gasteiger partial charge in [0, 0.05) is 6.07 Å². The predicted molar refractivity (Wildman–Crippen MR) is 71.2 cm³/mol. The smallest absolute Gasteiger partial charge is 0.306 e. The highest BCUT2D eigenvalue weighted by molar-refractivity contribution is 5.70. The summed E-state index contributed by atoms with van der Waals surface area (Å²) in [6.45, 7) is -0.0231. The molecular weight excluding hydrogens is 277 g/mol. The molecule has 2 rings (SSSR count). The maximum absolute atomic E-state index is 13.4. The minimum atomic E-state index is -1.09. The van der Waals surface area contributed by atoms with E-state index in [4.69, 9.17) is 15.1 Å². The van der Waals surface area contributed by atoms with Gasteiger partial charge >= 0.3 is 5.97 Å². The molecule has 5 nitrogen and oxygen atoms in total. The topological polar surface area (TPSA) is 90.5 Å². The van der Waals surface area contributed by atoms with Crippen LogP contribution in [0.25, 0.3) is 0 Å². The number of nitriles is 1. The molecule has 0 heterocycles. The molecule has 1 aromatic carbocycles. The molecule has 0 saturated heterocycles. The van der Waals surface area contributed by atoms with Crippen molar-refractivity contribution in [1.29, 1.82) is 5.26 Å². The Morgan fingerprint density at radius 1 is 1.48 bits per heavy atom. The number of rotatable bonds is 4. The van der Waals surface area contributed by atoms with Gasteiger partial charge in [0.2, 0.25) is 0 Å². The first-order chi connectivity index (χ1) is 9.93. The number of hydrogen-bond acceptors (Lipinski definition) is 4. The van der Waals surface area contributed by atoms with Crippen molar-refractivity contribution in [3.63, 3.8) is 0 Å². The third-order valence-electron chi connectivity index (χ3n) is 3.83. The van der Waals surface area contributed by atoms with E-state index in [-0.39, 0.29) is 17.9 Å². The number of aliphatic carboxylic acids is 1. The largest absolute Gasteiger partial charge is 0.490 e. The van der Waals surface area contributed by atoms with Crippen LogP contribution in [0.2, 0.25) is 0 Å². The summed E-state index contributed by atoms with van der Waals surface area (Å²) in [5.41, 5.74) is -1.15. The first kappa shape index (κ1) is 15.3. The summed E-state index contributed by atoms with van der Waals surface area (Å²) >= 11 is 0. The molecule has 112 valence electrons. The molecule has 0 radical (unpaired) electrons. The van der Waals surface area contributed by atoms with E-state index in [1.165, 1.54) is 12.1 Å². The number of carboxylic acid groups (broad SMARTS) is 1. The van der Waals surface area contributed by atoms with Crippen molar-refractivity contribution in [3.05, 3.63) is 29.6 Å². The lowest BCUT2D eigenvalue weighted by atomic mass is 9.79. The van der Waals surface area contributed by atoms with Crippen LogP contribution in [-0.4, -0.2) is 28.4 Å². The standard InChI is InChI=1S/C15H16FNO4/c16-13-7-12(2-1-11(13)8-17)21-9-15(20)5-3-10(4-6-15)14(18)19/h1-2,7,10,20H,3-6,9H2,(H,18,19). The molecule has 0 spiro atoms. The average molecular weight is 293 g/mol. The summed E-state index contributed by atoms with van der Waals surface area (Å²) < 4.78 is 18.8. The van der Waals surface area contributed by atoms with E-state index in [2.05, 4.69) is 0 Å². The number of aliphatic hydroxyl groups is 1. The molecule has 0 atom stereocenters. The zero-order valence-corrected chi connectivity index (χ0v) is 11.4. The lowest BCUT2D eigenvalue weighted by Gasteiger charge is -2.34. The molecule has 1 aliphatic carbocycles. The molecular formula is C15H16FNO4. The number of benzene rings is 1. The highest BCUT2D eigenvalue weighted by Gasteiger charge is 2.36. The SMILES string of the molecule is N#Cc1ccc(OCC2(O)CCC(C(=O)O)CC2)cc1F. The molecule has 0 bridgehead atoms. The van der Waals surface area contributed by atoms with Crippen molar-refractivity contribution in [2.24, 2.45) is 5.92 Å². The fraction of sp³-hybridized carbons (Fsp3) is 0.467. The number of carbonyl (C=O) groups is 1. The van der Waals surface area contributed by atoms with E-state index in [1.807, 2.05) is 0 Å². The molecule has 21 heavy (non-hydrogen) atoms. The van der Waals surface area contributed by atoms with Gasteiger partial charge in [0.05, 0.1) is 17.1 Å². The van der Waals surface area contributed by atoms with Gasteiger partial charge in [-0.2, -0.15) is 5.26 Å². The van der Waals surface area contributed by atoms with Gasteiger partial charge in [0.15, 0.2) is 0 Å². The van der Waals surface area contributed by atoms with Gasteiger partial charge in [-0.1, -0.05) is 0 Å². The van der Waals surface area contributed by atoms with Crippen molar-refractivity contribution in [3.8, 4) is 11.8 Å². The van der Waals surface area contributed by atoms with Crippen LogP contribution < -0.4 is 4.74 Å². The van der Waals surface area contributed by atoms with Gasteiger partial charge in [0.1, 0.15) is 24.2 Å². The van der Waals surface area contributed by atoms with Gasteiger partial charge in [-0.15, -0.1) is 0 Å². The quantitative estimate of drug-likeness (QED) is 0.887. The first-order valence-electron chi connectivity index (χ1n) is 6.71. The molecule has 2 N–H and O–H groups in total. The molecule has 1 fully saturated rings. The van der Waals surface area contributed by atoms with Crippen molar-refractivity contribution < 1.29 is 24.1 Å². The predicted octanol–water partition coefficient (Wildman–Crippen LogP) is 2.08. The second-order valence-corrected chi connectivity index (χ2v) is 5.38. The second kappa shape index (κ2) is 6.10. The maximum atomic E-state index is 13.4. The zero-order valence-electron chi connectivity index (χ0n) is 11.4. The average Bonchev–Trinajstić information content (AvgIpc) is 2.46. The van der Waals surface area contributed by atoms with Gasteiger partial charge < -0.3 is 14.9 Å². The van der Waals surface area contributed by atoms with Crippen LogP contribution in [0.5, 0.6) is 5.75 Å². The Balaban J connectivity index is 1.93. The summed E-state index contributed by atoms with van der Waals surface area (Å²) in [5, 5.41) is 27.9. The lowest BCUT2D eigenvalue weighted by molar-refractivity contribution is -0.145. The van der Waals surface area contributed by atoms with E-state index in [0.29, 0.717) is 25.7 Å². The number of halogens is 1. The zero-order chi connectivity index (χ0) is 15.5. The molecule has 0 aliphatic heterocycles. The molecule has 6 heteroatoms. The maximum Gasteiger partial charge on any atom is 0.306 e. The first-order valence-corrected chi connectivity index (χ1v) is 6.71. The third kappa shape index (κ3) is 3.70. The summed E-state index contributed by atoms with van der Waals surface area (Å²) in [5.74, 6) is -1.69. The fourth-order valence-electron chi connectivity index (χ4n) is 2.44. The van der Waals surface area contributed by atoms with Crippen LogP contribution in [0.1, 0.15) is 31.2 Å². The van der Waals surface area contributed by atoms with Gasteiger partial charge in [0.25, 0.3) is 0 Å². The van der Waals surface area contributed by atoms with Crippen molar-refractivity contribution in [1.82, 2.24) is 0 Å². The van der Waals surface area contributed by atoms with Gasteiger partial charge in [-0.3, -0.25) is 4.79 Å². The van der Waals surface area contributed by atoms with Crippen LogP contribution >= 0.6 is 0 Å². The molecule has 0 aromatic heterocycles. The Labute approximate surface area is 121 Å². The van der Waals surface area contributed by atoms with E-state index in [0.717, 1.165) is 6.07 Å². The second-order valence-electron chi connectivity index (χ2n) is 5.38. The number of ether oxygens (including phenoxy) is 1. The number of carboxylic acids is 1. The highest BCUT2D eigenvalue weighted by Crippen LogP contribution is 2.33. The summed E-state index contributed by atoms with van der Waals surface area (Å²) in [7, 11) is 0. The lowest BCUT2D eigenvalue weighted by Crippen LogP contribution is -2.41. The van der Waals surface area contributed by atoms with Gasteiger partial charge in [-0.05, 0) is 37.8 Å². The van der Waals surface area contributed by atoms with E-state index < -0.39 is 23.3 Å². The van der Waals surface area contributed by atoms with Crippen LogP contribution in [0, 0.1) is 23.1 Å². The monoisotopic (exact) mass is 293 g/mol. The van der Waals surface area contributed by atoms with Gasteiger partial charge in [-0.25, -0.2) is 4.39 Å². The van der Waals surface area contributed by atoms with Crippen LogP contribution in [0.3, 0.4) is 0 Å². The summed E-state index contributed by atoms with van der Waals surface area (Å²) in [6.07, 6.45) is 1.47. The Bertz CT molecular complexity index is 574. The molecule has 1 aliphatic rings. The summed E-state index contributed by atoms with van der Waals surface area (Å²) in [6, 6.07) is 5.60. The fourth-order valence-corrected chi connectivity index (χ4v) is 2.44. The Morgan fingerprint density at radius 2 is 2.14 bits per heavy atom.